The van der Waals surface area contributed by atoms with Gasteiger partial charge in [-0.2, -0.15) is 0 Å². The van der Waals surface area contributed by atoms with E-state index in [1.807, 2.05) is 0 Å². The molecule has 21 heavy (non-hydrogen) atoms. The zero-order valence-electron chi connectivity index (χ0n) is 11.2. The molecule has 1 fully saturated rings. The highest BCUT2D eigenvalue weighted by atomic mass is 32.2. The first-order valence-electron chi connectivity index (χ1n) is 6.35. The molecule has 1 saturated heterocycles. The summed E-state index contributed by atoms with van der Waals surface area (Å²) < 4.78 is 66.8. The highest BCUT2D eigenvalue weighted by molar-refractivity contribution is 7.92. The van der Waals surface area contributed by atoms with Crippen molar-refractivity contribution in [1.29, 1.82) is 0 Å². The number of halogens is 1. The molecule has 1 aromatic carbocycles. The van der Waals surface area contributed by atoms with Crippen molar-refractivity contribution in [2.75, 3.05) is 23.9 Å². The fourth-order valence-electron chi connectivity index (χ4n) is 2.02. The number of ether oxygens (including phenoxy) is 1. The molecule has 0 radical (unpaired) electrons. The molecule has 1 aliphatic heterocycles. The first-order chi connectivity index (χ1) is 9.77. The van der Waals surface area contributed by atoms with Gasteiger partial charge in [0.25, 0.3) is 0 Å². The molecule has 118 valence electrons. The van der Waals surface area contributed by atoms with Crippen LogP contribution in [0.4, 0.5) is 4.39 Å². The van der Waals surface area contributed by atoms with Gasteiger partial charge in [0.05, 0.1) is 17.3 Å². The summed E-state index contributed by atoms with van der Waals surface area (Å²) in [4.78, 5) is 0. The summed E-state index contributed by atoms with van der Waals surface area (Å²) in [7, 11) is -6.80. The Morgan fingerprint density at radius 2 is 2.05 bits per heavy atom. The molecule has 2 rings (SSSR count). The maximum absolute atomic E-state index is 13.3. The number of nitrogens with one attached hydrogen (secondary N) is 1. The fraction of sp³-hybridized carbons (Fsp3) is 0.500. The zero-order chi connectivity index (χ0) is 15.5. The maximum atomic E-state index is 13.3. The molecule has 1 heterocycles. The molecule has 1 atom stereocenters. The number of hydrogen-bond acceptors (Lipinski definition) is 5. The van der Waals surface area contributed by atoms with Crippen molar-refractivity contribution < 1.29 is 26.0 Å². The van der Waals surface area contributed by atoms with Crippen LogP contribution in [0, 0.1) is 5.82 Å². The van der Waals surface area contributed by atoms with E-state index in [-0.39, 0.29) is 36.0 Å². The van der Waals surface area contributed by atoms with E-state index >= 15 is 0 Å². The van der Waals surface area contributed by atoms with Gasteiger partial charge in [0.15, 0.2) is 21.4 Å². The molecule has 1 aromatic rings. The van der Waals surface area contributed by atoms with Crippen LogP contribution in [0.2, 0.25) is 0 Å². The number of sulfone groups is 1. The predicted molar refractivity (Wildman–Crippen MR) is 75.9 cm³/mol. The van der Waals surface area contributed by atoms with E-state index in [1.165, 1.54) is 18.2 Å². The van der Waals surface area contributed by atoms with Crippen molar-refractivity contribution in [3.8, 4) is 5.75 Å². The van der Waals surface area contributed by atoms with E-state index in [9.17, 15) is 21.2 Å². The number of benzene rings is 1. The molecule has 1 N–H and O–H groups in total. The number of sulfonamides is 1. The standard InChI is InChI=1S/C12H16FNO5S2/c13-11-3-1-2-4-12(11)19-6-8-21(17,18)14-10-5-7-20(15,16)9-10/h1-4,10,14H,5-9H2/t10-/m0/s1. The monoisotopic (exact) mass is 337 g/mol. The van der Waals surface area contributed by atoms with Gasteiger partial charge < -0.3 is 4.74 Å². The molecule has 1 aliphatic rings. The average molecular weight is 337 g/mol. The highest BCUT2D eigenvalue weighted by Gasteiger charge is 2.30. The molecule has 0 bridgehead atoms. The predicted octanol–water partition coefficient (Wildman–Crippen LogP) is 0.311. The Bertz CT molecular complexity index is 702. The number of rotatable bonds is 6. The Morgan fingerprint density at radius 3 is 2.67 bits per heavy atom. The normalized spacial score (nSPS) is 21.3. The topological polar surface area (TPSA) is 89.5 Å². The van der Waals surface area contributed by atoms with Crippen LogP contribution in [0.3, 0.4) is 0 Å². The summed E-state index contributed by atoms with van der Waals surface area (Å²) in [6.45, 7) is -0.213. The lowest BCUT2D eigenvalue weighted by atomic mass is 10.3. The molecule has 0 aromatic heterocycles. The van der Waals surface area contributed by atoms with Crippen molar-refractivity contribution in [3.63, 3.8) is 0 Å². The second kappa shape index (κ2) is 6.29. The van der Waals surface area contributed by atoms with Crippen molar-refractivity contribution >= 4 is 19.9 Å². The smallest absolute Gasteiger partial charge is 0.215 e. The van der Waals surface area contributed by atoms with Gasteiger partial charge in [-0.1, -0.05) is 12.1 Å². The average Bonchev–Trinajstić information content (AvgIpc) is 2.70. The highest BCUT2D eigenvalue weighted by Crippen LogP contribution is 2.15. The van der Waals surface area contributed by atoms with Crippen molar-refractivity contribution in [3.05, 3.63) is 30.1 Å². The summed E-state index contributed by atoms with van der Waals surface area (Å²) in [6, 6.07) is 5.11. The molecule has 0 amide bonds. The van der Waals surface area contributed by atoms with E-state index in [2.05, 4.69) is 4.72 Å². The lowest BCUT2D eigenvalue weighted by Gasteiger charge is -2.12. The fourth-order valence-corrected chi connectivity index (χ4v) is 4.93. The lowest BCUT2D eigenvalue weighted by Crippen LogP contribution is -2.38. The van der Waals surface area contributed by atoms with Gasteiger partial charge in [-0.05, 0) is 18.6 Å². The molecule has 9 heteroatoms. The Kier molecular flexibility index (Phi) is 4.84. The third kappa shape index (κ3) is 4.94. The minimum absolute atomic E-state index is 0.00802. The minimum atomic E-state index is -3.66. The van der Waals surface area contributed by atoms with Crippen LogP contribution in [-0.4, -0.2) is 46.7 Å². The molecule has 0 aliphatic carbocycles. The summed E-state index contributed by atoms with van der Waals surface area (Å²) in [6.07, 6.45) is 0.274. The Morgan fingerprint density at radius 1 is 1.33 bits per heavy atom. The Labute approximate surface area is 123 Å². The van der Waals surface area contributed by atoms with Crippen molar-refractivity contribution in [1.82, 2.24) is 4.72 Å². The van der Waals surface area contributed by atoms with Gasteiger partial charge in [0.2, 0.25) is 10.0 Å². The zero-order valence-corrected chi connectivity index (χ0v) is 12.8. The first-order valence-corrected chi connectivity index (χ1v) is 9.82. The third-order valence-corrected chi connectivity index (χ3v) is 6.19. The van der Waals surface area contributed by atoms with E-state index in [4.69, 9.17) is 4.74 Å². The van der Waals surface area contributed by atoms with Gasteiger partial charge in [-0.25, -0.2) is 25.9 Å². The molecule has 6 nitrogen and oxygen atoms in total. The maximum Gasteiger partial charge on any atom is 0.215 e. The van der Waals surface area contributed by atoms with Gasteiger partial charge in [0, 0.05) is 6.04 Å². The molecule has 0 saturated carbocycles. The first kappa shape index (κ1) is 16.2. The molecular formula is C12H16FNO5S2. The SMILES string of the molecule is O=S1(=O)CC[C@H](NS(=O)(=O)CCOc2ccccc2F)C1. The summed E-state index contributed by atoms with van der Waals surface area (Å²) in [5, 5.41) is 0. The van der Waals surface area contributed by atoms with Gasteiger partial charge in [-0.15, -0.1) is 0 Å². The van der Waals surface area contributed by atoms with E-state index in [0.717, 1.165) is 0 Å². The summed E-state index contributed by atoms with van der Waals surface area (Å²) >= 11 is 0. The van der Waals surface area contributed by atoms with Crippen LogP contribution < -0.4 is 9.46 Å². The molecule has 0 spiro atoms. The minimum Gasteiger partial charge on any atom is -0.489 e. The van der Waals surface area contributed by atoms with Crippen LogP contribution in [0.1, 0.15) is 6.42 Å². The van der Waals surface area contributed by atoms with E-state index in [1.54, 1.807) is 6.07 Å². The third-order valence-electron chi connectivity index (χ3n) is 3.02. The lowest BCUT2D eigenvalue weighted by molar-refractivity contribution is 0.321. The summed E-state index contributed by atoms with van der Waals surface area (Å²) in [5.74, 6) is -1.13. The van der Waals surface area contributed by atoms with E-state index < -0.39 is 31.7 Å². The Balaban J connectivity index is 1.83. The van der Waals surface area contributed by atoms with Gasteiger partial charge in [-0.3, -0.25) is 0 Å². The van der Waals surface area contributed by atoms with Gasteiger partial charge in [0.1, 0.15) is 6.61 Å². The quantitative estimate of drug-likeness (QED) is 0.807. The Hall–Kier alpha value is -1.19. The van der Waals surface area contributed by atoms with Crippen LogP contribution in [0.5, 0.6) is 5.75 Å². The van der Waals surface area contributed by atoms with Gasteiger partial charge >= 0.3 is 0 Å². The molecule has 0 unspecified atom stereocenters. The second-order valence-electron chi connectivity index (χ2n) is 4.82. The van der Waals surface area contributed by atoms with Crippen LogP contribution in [0.15, 0.2) is 24.3 Å². The number of hydrogen-bond donors (Lipinski definition) is 1. The van der Waals surface area contributed by atoms with E-state index in [0.29, 0.717) is 0 Å². The second-order valence-corrected chi connectivity index (χ2v) is 8.92. The van der Waals surface area contributed by atoms with Crippen LogP contribution in [-0.2, 0) is 19.9 Å². The van der Waals surface area contributed by atoms with Crippen LogP contribution >= 0.6 is 0 Å². The van der Waals surface area contributed by atoms with Crippen molar-refractivity contribution in [2.45, 2.75) is 12.5 Å². The summed E-state index contributed by atoms with van der Waals surface area (Å²) in [5.41, 5.74) is 0. The van der Waals surface area contributed by atoms with Crippen molar-refractivity contribution in [2.24, 2.45) is 0 Å². The molecular weight excluding hydrogens is 321 g/mol. The largest absolute Gasteiger partial charge is 0.489 e. The van der Waals surface area contributed by atoms with Crippen LogP contribution in [0.25, 0.3) is 0 Å². The number of para-hydroxylation sites is 1.